The molecule has 0 saturated carbocycles. The average Bonchev–Trinajstić information content (AvgIpc) is 3.25. The molecule has 1 unspecified atom stereocenters. The van der Waals surface area contributed by atoms with Gasteiger partial charge in [-0.2, -0.15) is 5.10 Å². The molecule has 2 aliphatic rings. The van der Waals surface area contributed by atoms with Crippen molar-refractivity contribution in [1.82, 2.24) is 24.2 Å². The van der Waals surface area contributed by atoms with E-state index in [1.165, 1.54) is 4.68 Å². The second-order valence-corrected chi connectivity index (χ2v) is 7.04. The van der Waals surface area contributed by atoms with Gasteiger partial charge >= 0.3 is 5.69 Å². The van der Waals surface area contributed by atoms with Crippen LogP contribution >= 0.6 is 11.6 Å². The van der Waals surface area contributed by atoms with Crippen LogP contribution in [-0.2, 0) is 17.8 Å². The minimum atomic E-state index is -0.411. The van der Waals surface area contributed by atoms with Crippen LogP contribution in [0, 0.1) is 0 Å². The first-order valence-corrected chi connectivity index (χ1v) is 9.09. The second kappa shape index (κ2) is 6.63. The summed E-state index contributed by atoms with van der Waals surface area (Å²) >= 11 is 5.80. The Kier molecular flexibility index (Phi) is 4.33. The maximum atomic E-state index is 12.9. The number of rotatable bonds is 3. The fraction of sp³-hybridized carbons (Fsp3) is 0.529. The zero-order valence-electron chi connectivity index (χ0n) is 13.9. The van der Waals surface area contributed by atoms with Gasteiger partial charge in [-0.3, -0.25) is 9.36 Å². The van der Waals surface area contributed by atoms with E-state index in [1.54, 1.807) is 16.8 Å². The summed E-state index contributed by atoms with van der Waals surface area (Å²) in [5.41, 5.74) is 0.631. The van der Waals surface area contributed by atoms with Gasteiger partial charge in [-0.1, -0.05) is 17.7 Å². The molecule has 1 amide bonds. The molecule has 2 aliphatic heterocycles. The van der Waals surface area contributed by atoms with Crippen molar-refractivity contribution in [3.8, 4) is 0 Å². The van der Waals surface area contributed by atoms with Crippen LogP contribution in [0.25, 0.3) is 0 Å². The highest BCUT2D eigenvalue weighted by atomic mass is 35.5. The number of pyridine rings is 1. The molecule has 1 atom stereocenters. The van der Waals surface area contributed by atoms with E-state index in [2.05, 4.69) is 10.1 Å². The smallest absolute Gasteiger partial charge is 0.341 e. The quantitative estimate of drug-likeness (QED) is 0.779. The highest BCUT2D eigenvalue weighted by molar-refractivity contribution is 6.29. The summed E-state index contributed by atoms with van der Waals surface area (Å²) in [5, 5.41) is 4.88. The van der Waals surface area contributed by atoms with E-state index in [1.807, 2.05) is 11.0 Å². The molecule has 25 heavy (non-hydrogen) atoms. The molecule has 0 N–H and O–H groups in total. The Morgan fingerprint density at radius 2 is 2.04 bits per heavy atom. The minimum Gasteiger partial charge on any atom is -0.341 e. The molecule has 1 fully saturated rings. The van der Waals surface area contributed by atoms with Crippen LogP contribution in [0.1, 0.15) is 43.1 Å². The summed E-state index contributed by atoms with van der Waals surface area (Å²) in [6.07, 6.45) is 6.04. The Balaban J connectivity index is 1.63. The van der Waals surface area contributed by atoms with Gasteiger partial charge < -0.3 is 4.90 Å². The average molecular weight is 362 g/mol. The van der Waals surface area contributed by atoms with Crippen molar-refractivity contribution in [2.45, 2.75) is 44.7 Å². The molecule has 4 rings (SSSR count). The number of likely N-dealkylation sites (tertiary alicyclic amines) is 1. The van der Waals surface area contributed by atoms with E-state index in [-0.39, 0.29) is 11.6 Å². The molecule has 4 heterocycles. The summed E-state index contributed by atoms with van der Waals surface area (Å²) in [4.78, 5) is 31.6. The molecular formula is C17H20ClN5O2. The van der Waals surface area contributed by atoms with Gasteiger partial charge in [0.05, 0.1) is 6.54 Å². The fourth-order valence-corrected chi connectivity index (χ4v) is 3.80. The molecular weight excluding hydrogens is 342 g/mol. The normalized spacial score (nSPS) is 19.9. The van der Waals surface area contributed by atoms with Crippen LogP contribution in [0.5, 0.6) is 0 Å². The van der Waals surface area contributed by atoms with Crippen molar-refractivity contribution in [3.63, 3.8) is 0 Å². The van der Waals surface area contributed by atoms with E-state index >= 15 is 0 Å². The predicted octanol–water partition coefficient (Wildman–Crippen LogP) is 1.64. The number of amides is 1. The maximum Gasteiger partial charge on any atom is 0.346 e. The monoisotopic (exact) mass is 361 g/mol. The summed E-state index contributed by atoms with van der Waals surface area (Å²) in [5.74, 6) is 0.768. The lowest BCUT2D eigenvalue weighted by molar-refractivity contribution is -0.134. The first-order valence-electron chi connectivity index (χ1n) is 8.71. The minimum absolute atomic E-state index is 0.0632. The number of carbonyl (C=O) groups is 1. The van der Waals surface area contributed by atoms with Gasteiger partial charge in [0.15, 0.2) is 0 Å². The first-order chi connectivity index (χ1) is 12.1. The second-order valence-electron chi connectivity index (χ2n) is 6.66. The number of halogens is 1. The fourth-order valence-electron chi connectivity index (χ4n) is 3.69. The molecule has 0 aromatic carbocycles. The highest BCUT2D eigenvalue weighted by Gasteiger charge is 2.34. The number of hydrogen-bond acceptors (Lipinski definition) is 4. The molecule has 132 valence electrons. The van der Waals surface area contributed by atoms with E-state index < -0.39 is 6.04 Å². The summed E-state index contributed by atoms with van der Waals surface area (Å²) < 4.78 is 3.03. The number of hydrogen-bond donors (Lipinski definition) is 0. The lowest BCUT2D eigenvalue weighted by Gasteiger charge is -2.27. The number of nitrogens with zero attached hydrogens (tertiary/aromatic N) is 5. The van der Waals surface area contributed by atoms with Gasteiger partial charge in [-0.05, 0) is 37.3 Å². The maximum absolute atomic E-state index is 12.9. The zero-order chi connectivity index (χ0) is 17.4. The molecule has 1 saturated heterocycles. The Morgan fingerprint density at radius 1 is 1.24 bits per heavy atom. The predicted molar refractivity (Wildman–Crippen MR) is 92.6 cm³/mol. The standard InChI is InChI=1S/C17H20ClN5O2/c18-14-7-6-12(10-19-14)11-22-17(25)23-13(4-3-5-15(23)20-22)16(24)21-8-1-2-9-21/h6-7,10,13H,1-5,8-9,11H2. The van der Waals surface area contributed by atoms with Gasteiger partial charge in [-0.25, -0.2) is 14.5 Å². The topological polar surface area (TPSA) is 73.0 Å². The molecule has 7 nitrogen and oxygen atoms in total. The zero-order valence-corrected chi connectivity index (χ0v) is 14.7. The molecule has 0 aliphatic carbocycles. The van der Waals surface area contributed by atoms with Gasteiger partial charge in [0.1, 0.15) is 17.0 Å². The molecule has 2 aromatic heterocycles. The SMILES string of the molecule is O=C(C1CCCc2nn(Cc3ccc(Cl)nc3)c(=O)n21)N1CCCC1. The van der Waals surface area contributed by atoms with Crippen molar-refractivity contribution < 1.29 is 4.79 Å². The third-order valence-electron chi connectivity index (χ3n) is 4.95. The van der Waals surface area contributed by atoms with E-state index in [0.29, 0.717) is 23.9 Å². The molecule has 0 spiro atoms. The summed E-state index contributed by atoms with van der Waals surface area (Å²) in [6.45, 7) is 1.92. The van der Waals surface area contributed by atoms with Gasteiger partial charge in [0, 0.05) is 25.7 Å². The van der Waals surface area contributed by atoms with Gasteiger partial charge in [0.2, 0.25) is 5.91 Å². The molecule has 0 bridgehead atoms. The number of aryl methyl sites for hydroxylation is 1. The summed E-state index contributed by atoms with van der Waals surface area (Å²) in [7, 11) is 0. The number of carbonyl (C=O) groups excluding carboxylic acids is 1. The Morgan fingerprint density at radius 3 is 2.76 bits per heavy atom. The van der Waals surface area contributed by atoms with Crippen LogP contribution in [0.4, 0.5) is 0 Å². The van der Waals surface area contributed by atoms with Crippen molar-refractivity contribution in [1.29, 1.82) is 0 Å². The van der Waals surface area contributed by atoms with Gasteiger partial charge in [-0.15, -0.1) is 0 Å². The van der Waals surface area contributed by atoms with Crippen molar-refractivity contribution in [2.75, 3.05) is 13.1 Å². The summed E-state index contributed by atoms with van der Waals surface area (Å²) in [6, 6.07) is 3.11. The van der Waals surface area contributed by atoms with Crippen molar-refractivity contribution in [2.24, 2.45) is 0 Å². The van der Waals surface area contributed by atoms with Crippen LogP contribution in [0.2, 0.25) is 5.15 Å². The lowest BCUT2D eigenvalue weighted by Crippen LogP contribution is -2.41. The van der Waals surface area contributed by atoms with Gasteiger partial charge in [0.25, 0.3) is 0 Å². The number of aromatic nitrogens is 4. The van der Waals surface area contributed by atoms with Crippen LogP contribution in [0.3, 0.4) is 0 Å². The largest absolute Gasteiger partial charge is 0.346 e. The lowest BCUT2D eigenvalue weighted by atomic mass is 10.0. The van der Waals surface area contributed by atoms with Crippen LogP contribution in [0.15, 0.2) is 23.1 Å². The Labute approximate surface area is 150 Å². The first kappa shape index (κ1) is 16.3. The van der Waals surface area contributed by atoms with E-state index in [4.69, 9.17) is 11.6 Å². The third-order valence-corrected chi connectivity index (χ3v) is 5.18. The Hall–Kier alpha value is -2.15. The molecule has 0 radical (unpaired) electrons. The highest BCUT2D eigenvalue weighted by Crippen LogP contribution is 2.25. The van der Waals surface area contributed by atoms with Crippen LogP contribution in [-0.4, -0.2) is 43.2 Å². The van der Waals surface area contributed by atoms with E-state index in [0.717, 1.165) is 44.3 Å². The van der Waals surface area contributed by atoms with Crippen molar-refractivity contribution >= 4 is 17.5 Å². The molecule has 2 aromatic rings. The third kappa shape index (κ3) is 3.08. The van der Waals surface area contributed by atoms with Crippen LogP contribution < -0.4 is 5.69 Å². The number of fused-ring (bicyclic) bond motifs is 1. The van der Waals surface area contributed by atoms with Crippen molar-refractivity contribution in [3.05, 3.63) is 45.4 Å². The Bertz CT molecular complexity index is 836. The van der Waals surface area contributed by atoms with E-state index in [9.17, 15) is 9.59 Å². The molecule has 8 heteroatoms.